The number of likely N-dealkylation sites (tertiary alicyclic amines) is 1. The summed E-state index contributed by atoms with van der Waals surface area (Å²) in [5.41, 5.74) is 1.22. The van der Waals surface area contributed by atoms with Crippen molar-refractivity contribution in [3.63, 3.8) is 0 Å². The fourth-order valence-corrected chi connectivity index (χ4v) is 6.27. The lowest BCUT2D eigenvalue weighted by atomic mass is 9.74. The molecule has 2 aromatic heterocycles. The summed E-state index contributed by atoms with van der Waals surface area (Å²) >= 11 is 0. The molecule has 198 valence electrons. The molecular formula is C30H30N6O3. The molecule has 1 spiro atoms. The summed E-state index contributed by atoms with van der Waals surface area (Å²) in [6.45, 7) is 6.14. The van der Waals surface area contributed by atoms with Crippen LogP contribution >= 0.6 is 0 Å². The highest BCUT2D eigenvalue weighted by molar-refractivity contribution is 5.98. The molecule has 1 unspecified atom stereocenters. The van der Waals surface area contributed by atoms with Gasteiger partial charge >= 0.3 is 0 Å². The lowest BCUT2D eigenvalue weighted by molar-refractivity contribution is -0.152. The van der Waals surface area contributed by atoms with Gasteiger partial charge < -0.3 is 14.5 Å². The topological polar surface area (TPSA) is 104 Å². The minimum atomic E-state index is -0.379. The third-order valence-corrected chi connectivity index (χ3v) is 8.66. The van der Waals surface area contributed by atoms with Crippen LogP contribution in [-0.2, 0) is 4.79 Å². The third kappa shape index (κ3) is 3.90. The number of rotatable bonds is 5. The van der Waals surface area contributed by atoms with Gasteiger partial charge in [-0.1, -0.05) is 31.2 Å². The quantitative estimate of drug-likeness (QED) is 0.383. The van der Waals surface area contributed by atoms with Crippen molar-refractivity contribution in [2.45, 2.75) is 38.1 Å². The van der Waals surface area contributed by atoms with E-state index in [1.165, 1.54) is 6.33 Å². The zero-order chi connectivity index (χ0) is 27.3. The number of aromatic nitrogens is 3. The van der Waals surface area contributed by atoms with Crippen molar-refractivity contribution in [2.75, 3.05) is 31.6 Å². The van der Waals surface area contributed by atoms with Crippen LogP contribution in [0.15, 0.2) is 55.0 Å². The fraction of sp³-hybridized carbons (Fsp3) is 0.367. The van der Waals surface area contributed by atoms with Gasteiger partial charge in [0, 0.05) is 25.8 Å². The van der Waals surface area contributed by atoms with Crippen molar-refractivity contribution in [3.8, 4) is 11.8 Å². The molecular weight excluding hydrogens is 492 g/mol. The van der Waals surface area contributed by atoms with Crippen LogP contribution in [0, 0.1) is 17.2 Å². The number of nitriles is 1. The number of amides is 1. The van der Waals surface area contributed by atoms with Gasteiger partial charge in [0.1, 0.15) is 24.3 Å². The monoisotopic (exact) mass is 522 g/mol. The first-order chi connectivity index (χ1) is 18.9. The normalized spacial score (nSPS) is 21.2. The van der Waals surface area contributed by atoms with Gasteiger partial charge in [0.05, 0.1) is 30.0 Å². The summed E-state index contributed by atoms with van der Waals surface area (Å²) in [4.78, 5) is 39.4. The zero-order valence-corrected chi connectivity index (χ0v) is 22.3. The summed E-state index contributed by atoms with van der Waals surface area (Å²) in [6.07, 6.45) is 4.00. The van der Waals surface area contributed by atoms with Crippen LogP contribution < -0.4 is 9.64 Å². The van der Waals surface area contributed by atoms with Crippen molar-refractivity contribution in [2.24, 2.45) is 5.92 Å². The molecule has 0 radical (unpaired) electrons. The Morgan fingerprint density at radius 3 is 2.74 bits per heavy atom. The van der Waals surface area contributed by atoms with Crippen LogP contribution in [0.4, 0.5) is 5.82 Å². The molecule has 0 N–H and O–H groups in total. The van der Waals surface area contributed by atoms with Crippen LogP contribution in [0.1, 0.15) is 43.0 Å². The molecule has 2 saturated heterocycles. The number of hydrogen-bond donors (Lipinski definition) is 0. The summed E-state index contributed by atoms with van der Waals surface area (Å²) in [5, 5.41) is 11.9. The summed E-state index contributed by atoms with van der Waals surface area (Å²) in [6, 6.07) is 15.8. The molecule has 0 aliphatic carbocycles. The van der Waals surface area contributed by atoms with Gasteiger partial charge in [-0.25, -0.2) is 9.97 Å². The molecule has 39 heavy (non-hydrogen) atoms. The minimum absolute atomic E-state index is 0.0682. The molecule has 0 saturated carbocycles. The zero-order valence-electron chi connectivity index (χ0n) is 22.3. The maximum atomic E-state index is 13.7. The van der Waals surface area contributed by atoms with E-state index in [0.29, 0.717) is 24.7 Å². The molecule has 2 aromatic carbocycles. The van der Waals surface area contributed by atoms with Crippen LogP contribution in [0.2, 0.25) is 0 Å². The largest absolute Gasteiger partial charge is 0.497 e. The molecule has 9 heteroatoms. The predicted molar refractivity (Wildman–Crippen MR) is 148 cm³/mol. The number of carbonyl (C=O) groups excluding carboxylic acids is 2. The molecule has 1 amide bonds. The lowest BCUT2D eigenvalue weighted by Gasteiger charge is -2.55. The van der Waals surface area contributed by atoms with Crippen molar-refractivity contribution >= 4 is 39.4 Å². The SMILES string of the molecule is COc1ccc2cc(C(C)C(=O)n3ccc4c(N5CC[C@]6(C5)[C@@H](C)CN6C(=O)CC#N)ncnc43)ccc2c1. The van der Waals surface area contributed by atoms with E-state index in [1.807, 2.05) is 60.4 Å². The molecule has 4 aromatic rings. The Labute approximate surface area is 226 Å². The maximum Gasteiger partial charge on any atom is 0.239 e. The summed E-state index contributed by atoms with van der Waals surface area (Å²) in [5.74, 6) is 1.35. The van der Waals surface area contributed by atoms with Gasteiger partial charge in [0.15, 0.2) is 5.65 Å². The molecule has 2 fully saturated rings. The van der Waals surface area contributed by atoms with E-state index in [9.17, 15) is 9.59 Å². The molecule has 2 aliphatic heterocycles. The Kier molecular flexibility index (Phi) is 5.98. The van der Waals surface area contributed by atoms with Gasteiger partial charge in [-0.2, -0.15) is 5.26 Å². The van der Waals surface area contributed by atoms with Gasteiger partial charge in [-0.05, 0) is 53.8 Å². The number of nitrogens with zero attached hydrogens (tertiary/aromatic N) is 6. The molecule has 3 atom stereocenters. The van der Waals surface area contributed by atoms with Crippen molar-refractivity contribution in [1.82, 2.24) is 19.4 Å². The smallest absolute Gasteiger partial charge is 0.239 e. The van der Waals surface area contributed by atoms with E-state index in [0.717, 1.165) is 46.3 Å². The highest BCUT2D eigenvalue weighted by Crippen LogP contribution is 2.45. The molecule has 0 bridgehead atoms. The number of ether oxygens (including phenoxy) is 1. The standard InChI is InChI=1S/C30H30N6O3/c1-19-16-36(26(37)8-11-31)30(19)10-13-34(17-30)27-25-9-12-35(28(25)33-18-32-27)29(38)20(2)21-4-5-23-15-24(39-3)7-6-22(23)14-21/h4-7,9,12,14-15,18-20H,8,10,13,16-17H2,1-3H3/t19-,20?,30-/m0/s1. The van der Waals surface area contributed by atoms with Crippen LogP contribution in [0.25, 0.3) is 21.8 Å². The van der Waals surface area contributed by atoms with E-state index in [2.05, 4.69) is 21.8 Å². The first kappa shape index (κ1) is 24.9. The minimum Gasteiger partial charge on any atom is -0.497 e. The average molecular weight is 523 g/mol. The van der Waals surface area contributed by atoms with Gasteiger partial charge in [0.2, 0.25) is 11.8 Å². The van der Waals surface area contributed by atoms with Gasteiger partial charge in [0.25, 0.3) is 0 Å². The maximum absolute atomic E-state index is 13.7. The highest BCUT2D eigenvalue weighted by Gasteiger charge is 2.56. The van der Waals surface area contributed by atoms with Crippen molar-refractivity contribution in [1.29, 1.82) is 5.26 Å². The van der Waals surface area contributed by atoms with Crippen LogP contribution in [0.5, 0.6) is 5.75 Å². The Balaban J connectivity index is 1.27. The van der Waals surface area contributed by atoms with E-state index >= 15 is 0 Å². The number of benzene rings is 2. The molecule has 6 rings (SSSR count). The Morgan fingerprint density at radius 1 is 1.18 bits per heavy atom. The van der Waals surface area contributed by atoms with Crippen LogP contribution in [-0.4, -0.2) is 63.5 Å². The first-order valence-corrected chi connectivity index (χ1v) is 13.2. The Hall–Kier alpha value is -4.45. The third-order valence-electron chi connectivity index (χ3n) is 8.66. The number of hydrogen-bond acceptors (Lipinski definition) is 7. The number of fused-ring (bicyclic) bond motifs is 2. The van der Waals surface area contributed by atoms with Gasteiger partial charge in [-0.3, -0.25) is 14.2 Å². The number of carbonyl (C=O) groups is 2. The average Bonchev–Trinajstić information content (AvgIpc) is 3.61. The van der Waals surface area contributed by atoms with E-state index < -0.39 is 0 Å². The summed E-state index contributed by atoms with van der Waals surface area (Å²) < 4.78 is 6.94. The van der Waals surface area contributed by atoms with Crippen molar-refractivity contribution in [3.05, 3.63) is 60.6 Å². The van der Waals surface area contributed by atoms with Gasteiger partial charge in [-0.15, -0.1) is 0 Å². The Bertz CT molecular complexity index is 1660. The Morgan fingerprint density at radius 2 is 1.97 bits per heavy atom. The fourth-order valence-electron chi connectivity index (χ4n) is 6.27. The predicted octanol–water partition coefficient (Wildman–Crippen LogP) is 4.38. The second-order valence-corrected chi connectivity index (χ2v) is 10.7. The highest BCUT2D eigenvalue weighted by atomic mass is 16.5. The molecule has 4 heterocycles. The lowest BCUT2D eigenvalue weighted by Crippen LogP contribution is -2.69. The van der Waals surface area contributed by atoms with E-state index in [-0.39, 0.29) is 29.7 Å². The number of methoxy groups -OCH3 is 1. The molecule has 9 nitrogen and oxygen atoms in total. The van der Waals surface area contributed by atoms with E-state index in [4.69, 9.17) is 10.00 Å². The summed E-state index contributed by atoms with van der Waals surface area (Å²) in [7, 11) is 1.65. The number of anilines is 1. The second-order valence-electron chi connectivity index (χ2n) is 10.7. The second kappa shape index (κ2) is 9.38. The molecule has 2 aliphatic rings. The first-order valence-electron chi connectivity index (χ1n) is 13.2. The van der Waals surface area contributed by atoms with Crippen LogP contribution in [0.3, 0.4) is 0 Å². The van der Waals surface area contributed by atoms with E-state index in [1.54, 1.807) is 17.9 Å². The van der Waals surface area contributed by atoms with Crippen molar-refractivity contribution < 1.29 is 14.3 Å².